The second-order valence-electron chi connectivity index (χ2n) is 18.7. The fraction of sp³-hybridized carbons (Fsp3) is 0.923. The molecule has 2 atom stereocenters. The van der Waals surface area contributed by atoms with Gasteiger partial charge in [-0.25, -0.2) is 0 Å². The van der Waals surface area contributed by atoms with Gasteiger partial charge in [0.05, 0.1) is 19.6 Å². The standard InChI is InChI=1S/C52H98N2O8/c1-6-9-12-15-18-19-20-24-30-37-49(55)59-42-34-27-32-40-54-45-47(62-51(57)39-41-53(4)5)44-48(54)52(58)60-43-33-26-21-25-31-38-50(56)61-46(35-28-22-16-13-10-7-2)36-29-23-17-14-11-8-3/h46-48H,6-45H2,1-5H3/t47?,48-/m0/s1. The molecule has 1 aliphatic heterocycles. The number of esters is 4. The molecule has 1 saturated heterocycles. The molecule has 1 fully saturated rings. The monoisotopic (exact) mass is 879 g/mol. The van der Waals surface area contributed by atoms with Gasteiger partial charge < -0.3 is 23.8 Å². The average molecular weight is 879 g/mol. The lowest BCUT2D eigenvalue weighted by molar-refractivity contribution is -0.151. The van der Waals surface area contributed by atoms with E-state index in [1.54, 1.807) is 0 Å². The number of likely N-dealkylation sites (tertiary alicyclic amines) is 1. The van der Waals surface area contributed by atoms with E-state index in [-0.39, 0.29) is 36.1 Å². The highest BCUT2D eigenvalue weighted by Gasteiger charge is 2.39. The van der Waals surface area contributed by atoms with E-state index in [4.69, 9.17) is 18.9 Å². The zero-order chi connectivity index (χ0) is 45.3. The lowest BCUT2D eigenvalue weighted by Gasteiger charge is -2.22. The predicted molar refractivity (Wildman–Crippen MR) is 254 cm³/mol. The van der Waals surface area contributed by atoms with E-state index in [2.05, 4.69) is 25.7 Å². The molecule has 1 unspecified atom stereocenters. The minimum atomic E-state index is -0.437. The van der Waals surface area contributed by atoms with Crippen molar-refractivity contribution in [1.29, 1.82) is 0 Å². The van der Waals surface area contributed by atoms with E-state index >= 15 is 0 Å². The van der Waals surface area contributed by atoms with Crippen LogP contribution in [-0.4, -0.2) is 98.9 Å². The minimum Gasteiger partial charge on any atom is -0.466 e. The molecule has 62 heavy (non-hydrogen) atoms. The molecule has 10 heteroatoms. The van der Waals surface area contributed by atoms with Gasteiger partial charge in [0.1, 0.15) is 18.2 Å². The van der Waals surface area contributed by atoms with Gasteiger partial charge in [-0.15, -0.1) is 0 Å². The Morgan fingerprint density at radius 3 is 1.50 bits per heavy atom. The molecule has 1 heterocycles. The van der Waals surface area contributed by atoms with Crippen molar-refractivity contribution in [1.82, 2.24) is 9.80 Å². The lowest BCUT2D eigenvalue weighted by Crippen LogP contribution is -2.38. The zero-order valence-corrected chi connectivity index (χ0v) is 41.2. The number of hydrogen-bond acceptors (Lipinski definition) is 10. The number of ether oxygens (including phenoxy) is 4. The minimum absolute atomic E-state index is 0.0493. The van der Waals surface area contributed by atoms with Crippen LogP contribution in [0.5, 0.6) is 0 Å². The second kappa shape index (κ2) is 41.5. The van der Waals surface area contributed by atoms with E-state index < -0.39 is 6.04 Å². The van der Waals surface area contributed by atoms with Gasteiger partial charge in [0.15, 0.2) is 0 Å². The van der Waals surface area contributed by atoms with Crippen LogP contribution < -0.4 is 0 Å². The van der Waals surface area contributed by atoms with Crippen LogP contribution in [0.4, 0.5) is 0 Å². The Kier molecular flexibility index (Phi) is 38.7. The summed E-state index contributed by atoms with van der Waals surface area (Å²) in [6.45, 7) is 9.35. The number of nitrogens with zero attached hydrogens (tertiary/aromatic N) is 2. The first-order valence-corrected chi connectivity index (χ1v) is 26.3. The van der Waals surface area contributed by atoms with Crippen molar-refractivity contribution < 1.29 is 38.1 Å². The van der Waals surface area contributed by atoms with Gasteiger partial charge in [-0.1, -0.05) is 156 Å². The SMILES string of the molecule is CCCCCCCCCCCC(=O)OCCCCCN1CC(OC(=O)CCN(C)C)C[C@H]1C(=O)OCCCCCCCC(=O)OC(CCCCCCCC)CCCCCCCC. The summed E-state index contributed by atoms with van der Waals surface area (Å²) in [5.41, 5.74) is 0. The fourth-order valence-electron chi connectivity index (χ4n) is 8.41. The van der Waals surface area contributed by atoms with Crippen molar-refractivity contribution in [2.75, 3.05) is 46.9 Å². The first-order chi connectivity index (χ1) is 30.2. The molecule has 0 aromatic heterocycles. The lowest BCUT2D eigenvalue weighted by atomic mass is 10.0. The van der Waals surface area contributed by atoms with Gasteiger partial charge in [-0.3, -0.25) is 24.1 Å². The Hall–Kier alpha value is -2.20. The van der Waals surface area contributed by atoms with Crippen molar-refractivity contribution in [3.8, 4) is 0 Å². The molecular weight excluding hydrogens is 781 g/mol. The molecule has 0 N–H and O–H groups in total. The van der Waals surface area contributed by atoms with Crippen molar-refractivity contribution in [3.63, 3.8) is 0 Å². The fourth-order valence-corrected chi connectivity index (χ4v) is 8.41. The molecule has 0 aromatic carbocycles. The number of carbonyl (C=O) groups excluding carboxylic acids is 4. The molecule has 10 nitrogen and oxygen atoms in total. The maximum Gasteiger partial charge on any atom is 0.323 e. The van der Waals surface area contributed by atoms with Crippen LogP contribution in [0, 0.1) is 0 Å². The van der Waals surface area contributed by atoms with Crippen LogP contribution in [0.3, 0.4) is 0 Å². The summed E-state index contributed by atoms with van der Waals surface area (Å²) >= 11 is 0. The second-order valence-corrected chi connectivity index (χ2v) is 18.7. The summed E-state index contributed by atoms with van der Waals surface area (Å²) in [6, 6.07) is -0.437. The maximum atomic E-state index is 13.3. The van der Waals surface area contributed by atoms with Gasteiger partial charge >= 0.3 is 23.9 Å². The number of unbranched alkanes of at least 4 members (excludes halogenated alkanes) is 24. The Morgan fingerprint density at radius 2 is 0.968 bits per heavy atom. The smallest absolute Gasteiger partial charge is 0.323 e. The predicted octanol–water partition coefficient (Wildman–Crippen LogP) is 12.9. The van der Waals surface area contributed by atoms with E-state index in [0.717, 1.165) is 89.9 Å². The Labute approximate surface area is 381 Å². The molecule has 0 aromatic rings. The molecule has 0 bridgehead atoms. The number of carbonyl (C=O) groups is 4. The largest absolute Gasteiger partial charge is 0.466 e. The molecule has 1 rings (SSSR count). The molecule has 1 aliphatic rings. The average Bonchev–Trinajstić information content (AvgIpc) is 3.65. The highest BCUT2D eigenvalue weighted by molar-refractivity contribution is 5.76. The Morgan fingerprint density at radius 1 is 0.516 bits per heavy atom. The Balaban J connectivity index is 2.38. The highest BCUT2D eigenvalue weighted by Crippen LogP contribution is 2.24. The third kappa shape index (κ3) is 34.2. The molecule has 0 saturated carbocycles. The van der Waals surface area contributed by atoms with Gasteiger partial charge in [-0.05, 0) is 84.8 Å². The van der Waals surface area contributed by atoms with Crippen LogP contribution in [0.2, 0.25) is 0 Å². The van der Waals surface area contributed by atoms with Crippen molar-refractivity contribution in [3.05, 3.63) is 0 Å². The quantitative estimate of drug-likeness (QED) is 0.0333. The first-order valence-electron chi connectivity index (χ1n) is 26.3. The van der Waals surface area contributed by atoms with Crippen molar-refractivity contribution in [2.45, 2.75) is 264 Å². The van der Waals surface area contributed by atoms with Crippen molar-refractivity contribution in [2.24, 2.45) is 0 Å². The van der Waals surface area contributed by atoms with Crippen LogP contribution in [-0.2, 0) is 38.1 Å². The topological polar surface area (TPSA) is 112 Å². The summed E-state index contributed by atoms with van der Waals surface area (Å²) in [6.07, 6.45) is 36.5. The summed E-state index contributed by atoms with van der Waals surface area (Å²) in [5.74, 6) is -0.639. The van der Waals surface area contributed by atoms with Gasteiger partial charge in [-0.2, -0.15) is 0 Å². The molecule has 0 radical (unpaired) electrons. The molecule has 0 aliphatic carbocycles. The molecule has 364 valence electrons. The molecule has 0 amide bonds. The van der Waals surface area contributed by atoms with Gasteiger partial charge in [0, 0.05) is 32.4 Å². The van der Waals surface area contributed by atoms with Gasteiger partial charge in [0.25, 0.3) is 0 Å². The maximum absolute atomic E-state index is 13.3. The first kappa shape index (κ1) is 57.8. The number of hydrogen-bond donors (Lipinski definition) is 0. The summed E-state index contributed by atoms with van der Waals surface area (Å²) in [5, 5.41) is 0. The summed E-state index contributed by atoms with van der Waals surface area (Å²) in [4.78, 5) is 54.9. The molecular formula is C52H98N2O8. The van der Waals surface area contributed by atoms with Crippen molar-refractivity contribution >= 4 is 23.9 Å². The zero-order valence-electron chi connectivity index (χ0n) is 41.2. The van der Waals surface area contributed by atoms with E-state index in [1.165, 1.54) is 109 Å². The van der Waals surface area contributed by atoms with Crippen LogP contribution in [0.15, 0.2) is 0 Å². The van der Waals surface area contributed by atoms with E-state index in [9.17, 15) is 19.2 Å². The number of rotatable bonds is 44. The van der Waals surface area contributed by atoms with Crippen LogP contribution >= 0.6 is 0 Å². The van der Waals surface area contributed by atoms with E-state index in [0.29, 0.717) is 58.5 Å². The third-order valence-corrected chi connectivity index (χ3v) is 12.4. The summed E-state index contributed by atoms with van der Waals surface area (Å²) in [7, 11) is 3.86. The van der Waals surface area contributed by atoms with Crippen LogP contribution in [0.25, 0.3) is 0 Å². The molecule has 0 spiro atoms. The van der Waals surface area contributed by atoms with E-state index in [1.807, 2.05) is 19.0 Å². The third-order valence-electron chi connectivity index (χ3n) is 12.4. The van der Waals surface area contributed by atoms with Crippen LogP contribution in [0.1, 0.15) is 245 Å². The Bertz CT molecular complexity index is 1070. The normalized spacial score (nSPS) is 15.4. The summed E-state index contributed by atoms with van der Waals surface area (Å²) < 4.78 is 23.1. The van der Waals surface area contributed by atoms with Gasteiger partial charge in [0.2, 0.25) is 0 Å². The highest BCUT2D eigenvalue weighted by atomic mass is 16.6.